The van der Waals surface area contributed by atoms with Crippen molar-refractivity contribution in [3.8, 4) is 0 Å². The maximum Gasteiger partial charge on any atom is 0.312 e. The van der Waals surface area contributed by atoms with E-state index in [2.05, 4.69) is 34.1 Å². The van der Waals surface area contributed by atoms with E-state index < -0.39 is 0 Å². The molecule has 0 amide bonds. The molecular formula is C17H19N4O2S2+. The molecule has 1 N–H and O–H groups in total. The fraction of sp³-hybridized carbons (Fsp3) is 0.353. The molecule has 1 unspecified atom stereocenters. The lowest BCUT2D eigenvalue weighted by molar-refractivity contribution is -0.950. The molecule has 0 fully saturated rings. The molecule has 130 valence electrons. The minimum absolute atomic E-state index is 0.139. The SMILES string of the molecule is Cc1nn(C[NH+]2CCc3sccc3[C@H]2c2cccs2)c(C)c1[N+](=O)[O-]. The lowest BCUT2D eigenvalue weighted by Gasteiger charge is -2.32. The highest BCUT2D eigenvalue weighted by molar-refractivity contribution is 7.10. The Morgan fingerprint density at radius 1 is 1.36 bits per heavy atom. The van der Waals surface area contributed by atoms with Crippen molar-refractivity contribution in [3.05, 3.63) is 65.8 Å². The Balaban J connectivity index is 1.71. The summed E-state index contributed by atoms with van der Waals surface area (Å²) in [5.74, 6) is 0. The van der Waals surface area contributed by atoms with Crippen LogP contribution in [0.3, 0.4) is 0 Å². The largest absolute Gasteiger partial charge is 0.312 e. The van der Waals surface area contributed by atoms with Gasteiger partial charge in [-0.2, -0.15) is 5.10 Å². The molecular weight excluding hydrogens is 356 g/mol. The van der Waals surface area contributed by atoms with E-state index >= 15 is 0 Å². The Kier molecular flexibility index (Phi) is 4.18. The van der Waals surface area contributed by atoms with E-state index in [1.807, 2.05) is 11.3 Å². The van der Waals surface area contributed by atoms with E-state index in [0.717, 1.165) is 13.0 Å². The van der Waals surface area contributed by atoms with Gasteiger partial charge in [0.2, 0.25) is 0 Å². The first-order valence-corrected chi connectivity index (χ1v) is 9.95. The minimum atomic E-state index is -0.326. The van der Waals surface area contributed by atoms with Gasteiger partial charge in [-0.1, -0.05) is 6.07 Å². The van der Waals surface area contributed by atoms with Crippen LogP contribution in [-0.2, 0) is 13.1 Å². The van der Waals surface area contributed by atoms with Gasteiger partial charge in [0.15, 0.2) is 12.7 Å². The van der Waals surface area contributed by atoms with Crippen LogP contribution < -0.4 is 4.90 Å². The van der Waals surface area contributed by atoms with Gasteiger partial charge in [0, 0.05) is 16.9 Å². The normalized spacial score (nSPS) is 19.8. The second kappa shape index (κ2) is 6.36. The molecule has 0 saturated heterocycles. The van der Waals surface area contributed by atoms with E-state index in [0.29, 0.717) is 18.1 Å². The average molecular weight is 375 g/mol. The van der Waals surface area contributed by atoms with E-state index in [9.17, 15) is 10.1 Å². The van der Waals surface area contributed by atoms with Crippen molar-refractivity contribution in [2.75, 3.05) is 6.54 Å². The van der Waals surface area contributed by atoms with Crippen molar-refractivity contribution in [2.24, 2.45) is 0 Å². The van der Waals surface area contributed by atoms with Gasteiger partial charge in [0.25, 0.3) is 0 Å². The van der Waals surface area contributed by atoms with Gasteiger partial charge < -0.3 is 4.90 Å². The molecule has 1 aliphatic rings. The zero-order chi connectivity index (χ0) is 17.6. The topological polar surface area (TPSA) is 65.4 Å². The summed E-state index contributed by atoms with van der Waals surface area (Å²) in [6.07, 6.45) is 1.05. The number of nitro groups is 1. The van der Waals surface area contributed by atoms with Crippen LogP contribution in [0.15, 0.2) is 29.0 Å². The molecule has 4 heterocycles. The van der Waals surface area contributed by atoms with Crippen LogP contribution in [0.25, 0.3) is 0 Å². The predicted octanol–water partition coefficient (Wildman–Crippen LogP) is 2.72. The monoisotopic (exact) mass is 375 g/mol. The molecule has 25 heavy (non-hydrogen) atoms. The average Bonchev–Trinajstić information content (AvgIpc) is 3.28. The highest BCUT2D eigenvalue weighted by atomic mass is 32.1. The van der Waals surface area contributed by atoms with Crippen molar-refractivity contribution in [2.45, 2.75) is 33.0 Å². The predicted molar refractivity (Wildman–Crippen MR) is 98.4 cm³/mol. The number of hydrogen-bond donors (Lipinski definition) is 1. The lowest BCUT2D eigenvalue weighted by atomic mass is 9.99. The van der Waals surface area contributed by atoms with Gasteiger partial charge in [0.1, 0.15) is 11.4 Å². The Bertz CT molecular complexity index is 913. The zero-order valence-electron chi connectivity index (χ0n) is 14.1. The molecule has 8 heteroatoms. The van der Waals surface area contributed by atoms with Crippen LogP contribution in [0.1, 0.15) is 32.7 Å². The summed E-state index contributed by atoms with van der Waals surface area (Å²) < 4.78 is 1.81. The van der Waals surface area contributed by atoms with E-state index in [1.54, 1.807) is 29.9 Å². The Morgan fingerprint density at radius 3 is 2.88 bits per heavy atom. The van der Waals surface area contributed by atoms with Crippen LogP contribution in [0.2, 0.25) is 0 Å². The van der Waals surface area contributed by atoms with Gasteiger partial charge in [0.05, 0.1) is 16.3 Å². The molecule has 6 nitrogen and oxygen atoms in total. The molecule has 0 aromatic carbocycles. The number of hydrogen-bond acceptors (Lipinski definition) is 5. The Morgan fingerprint density at radius 2 is 2.20 bits per heavy atom. The van der Waals surface area contributed by atoms with Crippen molar-refractivity contribution >= 4 is 28.4 Å². The van der Waals surface area contributed by atoms with Crippen molar-refractivity contribution in [1.82, 2.24) is 9.78 Å². The fourth-order valence-corrected chi connectivity index (χ4v) is 5.55. The van der Waals surface area contributed by atoms with Crippen LogP contribution in [-0.4, -0.2) is 21.2 Å². The minimum Gasteiger partial charge on any atom is -0.305 e. The number of fused-ring (bicyclic) bond motifs is 1. The quantitative estimate of drug-likeness (QED) is 0.563. The van der Waals surface area contributed by atoms with E-state index in [-0.39, 0.29) is 16.7 Å². The van der Waals surface area contributed by atoms with Crippen LogP contribution >= 0.6 is 22.7 Å². The molecule has 0 bridgehead atoms. The van der Waals surface area contributed by atoms with Crippen LogP contribution in [0.4, 0.5) is 5.69 Å². The highest BCUT2D eigenvalue weighted by Crippen LogP contribution is 2.32. The number of rotatable bonds is 4. The van der Waals surface area contributed by atoms with Gasteiger partial charge in [-0.25, -0.2) is 4.68 Å². The summed E-state index contributed by atoms with van der Waals surface area (Å²) >= 11 is 3.60. The highest BCUT2D eigenvalue weighted by Gasteiger charge is 2.35. The first-order chi connectivity index (χ1) is 12.1. The summed E-state index contributed by atoms with van der Waals surface area (Å²) in [6.45, 7) is 5.14. The Labute approximate surface area is 153 Å². The van der Waals surface area contributed by atoms with Crippen LogP contribution in [0, 0.1) is 24.0 Å². The molecule has 0 spiro atoms. The molecule has 0 saturated carbocycles. The second-order valence-corrected chi connectivity index (χ2v) is 8.32. The number of aromatic nitrogens is 2. The summed E-state index contributed by atoms with van der Waals surface area (Å²) in [5, 5.41) is 20.0. The molecule has 3 aromatic rings. The van der Waals surface area contributed by atoms with Gasteiger partial charge >= 0.3 is 5.69 Å². The van der Waals surface area contributed by atoms with Gasteiger partial charge in [-0.15, -0.1) is 22.7 Å². The second-order valence-electron chi connectivity index (χ2n) is 6.34. The third kappa shape index (κ3) is 2.80. The number of quaternary nitrogens is 1. The third-order valence-corrected chi connectivity index (χ3v) is 6.81. The van der Waals surface area contributed by atoms with Gasteiger partial charge in [-0.3, -0.25) is 10.1 Å². The fourth-order valence-electron chi connectivity index (χ4n) is 3.73. The third-order valence-electron chi connectivity index (χ3n) is 4.88. The molecule has 0 radical (unpaired) electrons. The first-order valence-electron chi connectivity index (χ1n) is 8.19. The number of nitrogens with one attached hydrogen (secondary N) is 1. The zero-order valence-corrected chi connectivity index (χ0v) is 15.7. The molecule has 3 aromatic heterocycles. The molecule has 4 rings (SSSR count). The summed E-state index contributed by atoms with van der Waals surface area (Å²) in [4.78, 5) is 15.1. The maximum atomic E-state index is 11.3. The summed E-state index contributed by atoms with van der Waals surface area (Å²) in [5.41, 5.74) is 2.66. The van der Waals surface area contributed by atoms with E-state index in [4.69, 9.17) is 0 Å². The summed E-state index contributed by atoms with van der Waals surface area (Å²) in [6, 6.07) is 6.78. The van der Waals surface area contributed by atoms with Crippen LogP contribution in [0.5, 0.6) is 0 Å². The smallest absolute Gasteiger partial charge is 0.305 e. The molecule has 2 atom stereocenters. The van der Waals surface area contributed by atoms with E-state index in [1.165, 1.54) is 20.2 Å². The molecule has 0 aliphatic carbocycles. The van der Waals surface area contributed by atoms with Crippen molar-refractivity contribution in [3.63, 3.8) is 0 Å². The Hall–Kier alpha value is -2.03. The van der Waals surface area contributed by atoms with Gasteiger partial charge in [-0.05, 0) is 36.7 Å². The summed E-state index contributed by atoms with van der Waals surface area (Å²) in [7, 11) is 0. The van der Waals surface area contributed by atoms with Crippen molar-refractivity contribution in [1.29, 1.82) is 0 Å². The molecule has 1 aliphatic heterocycles. The standard InChI is InChI=1S/C17H18N4O2S2/c1-11-16(21(22)23)12(2)20(18-11)10-19-7-5-14-13(6-9-25-14)17(19)15-4-3-8-24-15/h3-4,6,8-9,17H,5,7,10H2,1-2H3/p+1/t17-/m0/s1. The van der Waals surface area contributed by atoms with Crippen molar-refractivity contribution < 1.29 is 9.82 Å². The lowest BCUT2D eigenvalue weighted by Crippen LogP contribution is -3.12. The maximum absolute atomic E-state index is 11.3. The number of aryl methyl sites for hydroxylation is 1. The first kappa shape index (κ1) is 16.4. The number of thiophene rings is 2. The number of nitrogens with zero attached hydrogens (tertiary/aromatic N) is 3.